The average Bonchev–Trinajstić information content (AvgIpc) is 2.37. The molecule has 3 nitrogen and oxygen atoms in total. The molecule has 0 saturated heterocycles. The van der Waals surface area contributed by atoms with E-state index in [2.05, 4.69) is 29.4 Å². The fourth-order valence-electron chi connectivity index (χ4n) is 1.82. The Labute approximate surface area is 112 Å². The lowest BCUT2D eigenvalue weighted by atomic mass is 10.0. The van der Waals surface area contributed by atoms with Crippen LogP contribution in [0.25, 0.3) is 11.3 Å². The summed E-state index contributed by atoms with van der Waals surface area (Å²) in [6.45, 7) is 7.01. The maximum Gasteiger partial charge on any atom is 0.151 e. The van der Waals surface area contributed by atoms with E-state index in [0.717, 1.165) is 39.8 Å². The van der Waals surface area contributed by atoms with Crippen molar-refractivity contribution in [2.24, 2.45) is 0 Å². The van der Waals surface area contributed by atoms with Crippen molar-refractivity contribution >= 4 is 17.4 Å². The lowest BCUT2D eigenvalue weighted by Gasteiger charge is -2.11. The first-order chi connectivity index (χ1) is 8.63. The molecule has 1 heterocycles. The van der Waals surface area contributed by atoms with Crippen LogP contribution >= 0.6 is 11.6 Å². The van der Waals surface area contributed by atoms with Crippen molar-refractivity contribution in [3.63, 3.8) is 0 Å². The van der Waals surface area contributed by atoms with Crippen molar-refractivity contribution in [3.8, 4) is 11.3 Å². The van der Waals surface area contributed by atoms with Gasteiger partial charge in [-0.1, -0.05) is 23.7 Å². The molecule has 0 fully saturated rings. The maximum atomic E-state index is 5.89. The highest BCUT2D eigenvalue weighted by atomic mass is 35.5. The Morgan fingerprint density at radius 2 is 1.72 bits per heavy atom. The Morgan fingerprint density at radius 1 is 1.06 bits per heavy atom. The second-order valence-corrected chi connectivity index (χ2v) is 4.62. The van der Waals surface area contributed by atoms with Gasteiger partial charge in [0.25, 0.3) is 0 Å². The van der Waals surface area contributed by atoms with Crippen LogP contribution < -0.4 is 5.32 Å². The number of nitrogens with zero attached hydrogens (tertiary/aromatic N) is 2. The summed E-state index contributed by atoms with van der Waals surface area (Å²) >= 11 is 5.89. The van der Waals surface area contributed by atoms with Gasteiger partial charge in [-0.15, -0.1) is 10.2 Å². The van der Waals surface area contributed by atoms with Crippen LogP contribution in [0.15, 0.2) is 24.3 Å². The predicted octanol–water partition coefficient (Wildman–Crippen LogP) is 3.85. The standard InChI is InChI=1S/C14H16ClN3/c1-4-16-14-10(3)9(2)13(17-18-14)11-5-7-12(15)8-6-11/h5-8H,4H2,1-3H3,(H,16,18). The molecule has 2 rings (SSSR count). The van der Waals surface area contributed by atoms with Crippen molar-refractivity contribution < 1.29 is 0 Å². The van der Waals surface area contributed by atoms with Gasteiger partial charge in [0.2, 0.25) is 0 Å². The summed E-state index contributed by atoms with van der Waals surface area (Å²) in [7, 11) is 0. The zero-order valence-corrected chi connectivity index (χ0v) is 11.5. The zero-order chi connectivity index (χ0) is 13.1. The van der Waals surface area contributed by atoms with Gasteiger partial charge in [0.1, 0.15) is 0 Å². The maximum absolute atomic E-state index is 5.89. The van der Waals surface area contributed by atoms with Crippen LogP contribution in [-0.4, -0.2) is 16.7 Å². The van der Waals surface area contributed by atoms with E-state index in [1.54, 1.807) is 0 Å². The van der Waals surface area contributed by atoms with Gasteiger partial charge in [-0.05, 0) is 44.0 Å². The summed E-state index contributed by atoms with van der Waals surface area (Å²) in [6, 6.07) is 7.66. The van der Waals surface area contributed by atoms with E-state index in [1.807, 2.05) is 31.2 Å². The molecule has 0 atom stereocenters. The molecular weight excluding hydrogens is 246 g/mol. The molecule has 0 aliphatic rings. The van der Waals surface area contributed by atoms with Gasteiger partial charge in [-0.3, -0.25) is 0 Å². The number of hydrogen-bond donors (Lipinski definition) is 1. The van der Waals surface area contributed by atoms with E-state index in [9.17, 15) is 0 Å². The van der Waals surface area contributed by atoms with Gasteiger partial charge < -0.3 is 5.32 Å². The normalized spacial score (nSPS) is 10.4. The average molecular weight is 262 g/mol. The van der Waals surface area contributed by atoms with E-state index in [-0.39, 0.29) is 0 Å². The lowest BCUT2D eigenvalue weighted by molar-refractivity contribution is 0.987. The molecule has 0 bridgehead atoms. The molecule has 1 N–H and O–H groups in total. The molecule has 0 radical (unpaired) electrons. The Hall–Kier alpha value is -1.61. The number of hydrogen-bond acceptors (Lipinski definition) is 3. The molecule has 0 aliphatic heterocycles. The topological polar surface area (TPSA) is 37.8 Å². The Kier molecular flexibility index (Phi) is 3.82. The van der Waals surface area contributed by atoms with Crippen LogP contribution in [0.5, 0.6) is 0 Å². The van der Waals surface area contributed by atoms with Crippen LogP contribution in [0, 0.1) is 13.8 Å². The van der Waals surface area contributed by atoms with Crippen LogP contribution in [0.3, 0.4) is 0 Å². The Bertz CT molecular complexity index is 550. The summed E-state index contributed by atoms with van der Waals surface area (Å²) in [5.74, 6) is 0.854. The minimum absolute atomic E-state index is 0.727. The van der Waals surface area contributed by atoms with Gasteiger partial charge in [0.05, 0.1) is 5.69 Å². The highest BCUT2D eigenvalue weighted by Crippen LogP contribution is 2.26. The van der Waals surface area contributed by atoms with Crippen LogP contribution in [0.2, 0.25) is 5.02 Å². The Morgan fingerprint density at radius 3 is 2.33 bits per heavy atom. The molecule has 1 aromatic carbocycles. The summed E-state index contributed by atoms with van der Waals surface area (Å²) in [6.07, 6.45) is 0. The van der Waals surface area contributed by atoms with E-state index in [4.69, 9.17) is 11.6 Å². The number of aromatic nitrogens is 2. The van der Waals surface area contributed by atoms with Crippen molar-refractivity contribution in [1.29, 1.82) is 0 Å². The van der Waals surface area contributed by atoms with Crippen molar-refractivity contribution in [2.45, 2.75) is 20.8 Å². The third-order valence-electron chi connectivity index (χ3n) is 2.98. The van der Waals surface area contributed by atoms with Gasteiger partial charge in [0, 0.05) is 17.1 Å². The molecule has 4 heteroatoms. The third kappa shape index (κ3) is 2.46. The fraction of sp³-hybridized carbons (Fsp3) is 0.286. The summed E-state index contributed by atoms with van der Waals surface area (Å²) < 4.78 is 0. The van der Waals surface area contributed by atoms with Crippen LogP contribution in [0.4, 0.5) is 5.82 Å². The molecule has 2 aromatic rings. The number of benzene rings is 1. The molecule has 94 valence electrons. The van der Waals surface area contributed by atoms with Crippen LogP contribution in [-0.2, 0) is 0 Å². The van der Waals surface area contributed by atoms with E-state index >= 15 is 0 Å². The number of halogens is 1. The van der Waals surface area contributed by atoms with Crippen molar-refractivity contribution in [1.82, 2.24) is 10.2 Å². The largest absolute Gasteiger partial charge is 0.369 e. The summed E-state index contributed by atoms with van der Waals surface area (Å²) in [5, 5.41) is 12.5. The fourth-order valence-corrected chi connectivity index (χ4v) is 1.95. The minimum Gasteiger partial charge on any atom is -0.369 e. The van der Waals surface area contributed by atoms with Crippen molar-refractivity contribution in [3.05, 3.63) is 40.4 Å². The second kappa shape index (κ2) is 5.36. The predicted molar refractivity (Wildman–Crippen MR) is 76.1 cm³/mol. The molecule has 0 aliphatic carbocycles. The number of rotatable bonds is 3. The summed E-state index contributed by atoms with van der Waals surface area (Å²) in [5.41, 5.74) is 4.22. The van der Waals surface area contributed by atoms with Crippen LogP contribution in [0.1, 0.15) is 18.1 Å². The van der Waals surface area contributed by atoms with Crippen molar-refractivity contribution in [2.75, 3.05) is 11.9 Å². The molecule has 0 unspecified atom stereocenters. The zero-order valence-electron chi connectivity index (χ0n) is 10.8. The minimum atomic E-state index is 0.727. The SMILES string of the molecule is CCNc1nnc(-c2ccc(Cl)cc2)c(C)c1C. The monoisotopic (exact) mass is 261 g/mol. The first-order valence-corrected chi connectivity index (χ1v) is 6.35. The molecule has 0 saturated carbocycles. The molecule has 1 aromatic heterocycles. The first kappa shape index (κ1) is 12.8. The first-order valence-electron chi connectivity index (χ1n) is 5.97. The highest BCUT2D eigenvalue weighted by Gasteiger charge is 2.10. The quantitative estimate of drug-likeness (QED) is 0.912. The third-order valence-corrected chi connectivity index (χ3v) is 3.24. The molecule has 0 amide bonds. The van der Waals surface area contributed by atoms with E-state index in [0.29, 0.717) is 0 Å². The van der Waals surface area contributed by atoms with E-state index < -0.39 is 0 Å². The van der Waals surface area contributed by atoms with Gasteiger partial charge in [-0.25, -0.2) is 0 Å². The van der Waals surface area contributed by atoms with Gasteiger partial charge >= 0.3 is 0 Å². The molecular formula is C14H16ClN3. The summed E-state index contributed by atoms with van der Waals surface area (Å²) in [4.78, 5) is 0. The Balaban J connectivity index is 2.46. The lowest BCUT2D eigenvalue weighted by Crippen LogP contribution is -2.06. The van der Waals surface area contributed by atoms with Gasteiger partial charge in [0.15, 0.2) is 5.82 Å². The second-order valence-electron chi connectivity index (χ2n) is 4.18. The molecule has 18 heavy (non-hydrogen) atoms. The highest BCUT2D eigenvalue weighted by molar-refractivity contribution is 6.30. The van der Waals surface area contributed by atoms with Gasteiger partial charge in [-0.2, -0.15) is 0 Å². The molecule has 0 spiro atoms. The number of nitrogens with one attached hydrogen (secondary N) is 1. The van der Waals surface area contributed by atoms with E-state index in [1.165, 1.54) is 0 Å². The number of anilines is 1. The smallest absolute Gasteiger partial charge is 0.151 e.